The lowest BCUT2D eigenvalue weighted by atomic mass is 10.1. The number of rotatable bonds is 45. The summed E-state index contributed by atoms with van der Waals surface area (Å²) in [7, 11) is 0. The monoisotopic (exact) mass is 911 g/mol. The van der Waals surface area contributed by atoms with Crippen LogP contribution in [0.3, 0.4) is 0 Å². The topological polar surface area (TPSA) is 78.9 Å². The maximum atomic E-state index is 12.8. The Bertz CT molecular complexity index is 1460. The van der Waals surface area contributed by atoms with Crippen molar-refractivity contribution < 1.29 is 28.6 Å². The van der Waals surface area contributed by atoms with Gasteiger partial charge in [-0.2, -0.15) is 0 Å². The normalized spacial score (nSPS) is 13.2. The highest BCUT2D eigenvalue weighted by atomic mass is 16.6. The highest BCUT2D eigenvalue weighted by molar-refractivity contribution is 5.71. The first-order valence-corrected chi connectivity index (χ1v) is 26.3. The van der Waals surface area contributed by atoms with Crippen LogP contribution in [-0.4, -0.2) is 37.2 Å². The van der Waals surface area contributed by atoms with Crippen LogP contribution in [0, 0.1) is 0 Å². The van der Waals surface area contributed by atoms with Gasteiger partial charge in [-0.25, -0.2) is 0 Å². The fraction of sp³-hybridized carbons (Fsp3) is 0.583. The van der Waals surface area contributed by atoms with Crippen LogP contribution in [0.5, 0.6) is 0 Å². The molecule has 370 valence electrons. The molecule has 0 aromatic rings. The van der Waals surface area contributed by atoms with Gasteiger partial charge in [0.05, 0.1) is 0 Å². The van der Waals surface area contributed by atoms with Crippen molar-refractivity contribution >= 4 is 17.9 Å². The zero-order valence-corrected chi connectivity index (χ0v) is 42.1. The van der Waals surface area contributed by atoms with Crippen LogP contribution in [0.1, 0.15) is 207 Å². The summed E-state index contributed by atoms with van der Waals surface area (Å²) in [5, 5.41) is 0. The maximum Gasteiger partial charge on any atom is 0.306 e. The fourth-order valence-corrected chi connectivity index (χ4v) is 6.63. The molecule has 0 aliphatic rings. The molecule has 1 atom stereocenters. The first-order chi connectivity index (χ1) is 32.5. The average Bonchev–Trinajstić information content (AvgIpc) is 3.31. The van der Waals surface area contributed by atoms with Gasteiger partial charge in [0.1, 0.15) is 13.2 Å². The highest BCUT2D eigenvalue weighted by Gasteiger charge is 2.19. The third-order valence-electron chi connectivity index (χ3n) is 10.6. The SMILES string of the molecule is CC/C=C/C=C/C=C/C=C/CCCCCC(=O)OCC(COC(=O)CCCCCCC/C=C/C=C/C=C/C=C/C=C/CCC)OC(=O)CCCCCCCCC/C=C/C/C=C/CCCCC. The Hall–Kier alpha value is -4.45. The predicted octanol–water partition coefficient (Wildman–Crippen LogP) is 17.5. The highest BCUT2D eigenvalue weighted by Crippen LogP contribution is 2.13. The molecule has 0 bridgehead atoms. The second-order valence-corrected chi connectivity index (χ2v) is 16.9. The van der Waals surface area contributed by atoms with Gasteiger partial charge in [-0.15, -0.1) is 0 Å². The summed E-state index contributed by atoms with van der Waals surface area (Å²) in [6.45, 7) is 6.30. The number of hydrogen-bond donors (Lipinski definition) is 0. The van der Waals surface area contributed by atoms with E-state index in [1.807, 2.05) is 72.9 Å². The van der Waals surface area contributed by atoms with Crippen molar-refractivity contribution in [3.05, 3.63) is 134 Å². The first kappa shape index (κ1) is 61.5. The van der Waals surface area contributed by atoms with Gasteiger partial charge in [0.25, 0.3) is 0 Å². The number of allylic oxidation sites excluding steroid dienone is 22. The Balaban J connectivity index is 4.53. The second kappa shape index (κ2) is 53.2. The van der Waals surface area contributed by atoms with Crippen molar-refractivity contribution in [3.8, 4) is 0 Å². The molecule has 0 amide bonds. The number of carbonyl (C=O) groups excluding carboxylic acids is 3. The van der Waals surface area contributed by atoms with Crippen LogP contribution < -0.4 is 0 Å². The summed E-state index contributed by atoms with van der Waals surface area (Å²) >= 11 is 0. The largest absolute Gasteiger partial charge is 0.462 e. The standard InChI is InChI=1S/C60H94O6/c1-4-7-10-13-16-19-22-25-27-29-31-32-35-38-41-44-47-50-53-59(62)65-56-57(55-64-58(61)52-49-46-43-40-37-34-24-21-18-15-12-9-6-3)66-60(63)54-51-48-45-42-39-36-33-30-28-26-23-20-17-14-11-8-5-2/h9-10,12-13,15-22,24-29,31-32,34,37,57H,4-8,11,14,23,30,33,35-36,38-56H2,1-3H3/b12-9+,13-10+,18-15+,19-16+,20-17+,24-21+,25-22+,28-26+,29-27+,32-31+,37-34+. The number of hydrogen-bond acceptors (Lipinski definition) is 6. The summed E-state index contributed by atoms with van der Waals surface area (Å²) in [5.74, 6) is -0.991. The molecule has 0 saturated carbocycles. The molecule has 0 aliphatic heterocycles. The Labute approximate surface area is 405 Å². The minimum atomic E-state index is -0.814. The third-order valence-corrected chi connectivity index (χ3v) is 10.6. The molecule has 0 aliphatic carbocycles. The molecule has 0 spiro atoms. The molecular weight excluding hydrogens is 817 g/mol. The van der Waals surface area contributed by atoms with E-state index in [1.165, 1.54) is 57.8 Å². The van der Waals surface area contributed by atoms with Crippen molar-refractivity contribution in [1.82, 2.24) is 0 Å². The van der Waals surface area contributed by atoms with E-state index in [1.54, 1.807) is 0 Å². The van der Waals surface area contributed by atoms with Gasteiger partial charge in [0.15, 0.2) is 6.10 Å². The zero-order valence-electron chi connectivity index (χ0n) is 42.1. The number of esters is 3. The molecule has 6 heteroatoms. The fourth-order valence-electron chi connectivity index (χ4n) is 6.63. The average molecular weight is 911 g/mol. The smallest absolute Gasteiger partial charge is 0.306 e. The van der Waals surface area contributed by atoms with Gasteiger partial charge in [-0.05, 0) is 89.9 Å². The first-order valence-electron chi connectivity index (χ1n) is 26.3. The minimum Gasteiger partial charge on any atom is -0.462 e. The Morgan fingerprint density at radius 1 is 0.333 bits per heavy atom. The lowest BCUT2D eigenvalue weighted by Crippen LogP contribution is -2.30. The van der Waals surface area contributed by atoms with Crippen LogP contribution in [0.2, 0.25) is 0 Å². The Kier molecular flexibility index (Phi) is 49.6. The summed E-state index contributed by atoms with van der Waals surface area (Å²) in [6.07, 6.45) is 74.2. The molecule has 0 heterocycles. The van der Waals surface area contributed by atoms with Crippen LogP contribution >= 0.6 is 0 Å². The Morgan fingerprint density at radius 2 is 0.682 bits per heavy atom. The van der Waals surface area contributed by atoms with E-state index < -0.39 is 6.10 Å². The molecule has 1 unspecified atom stereocenters. The van der Waals surface area contributed by atoms with Crippen molar-refractivity contribution in [1.29, 1.82) is 0 Å². The maximum absolute atomic E-state index is 12.8. The lowest BCUT2D eigenvalue weighted by molar-refractivity contribution is -0.167. The van der Waals surface area contributed by atoms with Gasteiger partial charge < -0.3 is 14.2 Å². The van der Waals surface area contributed by atoms with Crippen LogP contribution in [0.15, 0.2) is 134 Å². The summed E-state index contributed by atoms with van der Waals surface area (Å²) in [5.41, 5.74) is 0. The lowest BCUT2D eigenvalue weighted by Gasteiger charge is -2.18. The predicted molar refractivity (Wildman–Crippen MR) is 283 cm³/mol. The van der Waals surface area contributed by atoms with Crippen LogP contribution in [0.4, 0.5) is 0 Å². The molecular formula is C60H94O6. The zero-order chi connectivity index (χ0) is 47.9. The van der Waals surface area contributed by atoms with E-state index in [-0.39, 0.29) is 31.1 Å². The van der Waals surface area contributed by atoms with Crippen molar-refractivity contribution in [2.75, 3.05) is 13.2 Å². The van der Waals surface area contributed by atoms with Gasteiger partial charge in [-0.3, -0.25) is 14.4 Å². The summed E-state index contributed by atoms with van der Waals surface area (Å²) in [6, 6.07) is 0. The van der Waals surface area contributed by atoms with E-state index in [2.05, 4.69) is 81.5 Å². The third kappa shape index (κ3) is 50.5. The van der Waals surface area contributed by atoms with E-state index in [0.717, 1.165) is 109 Å². The van der Waals surface area contributed by atoms with E-state index >= 15 is 0 Å². The van der Waals surface area contributed by atoms with E-state index in [0.29, 0.717) is 19.3 Å². The molecule has 0 saturated heterocycles. The molecule has 0 fully saturated rings. The number of carbonyl (C=O) groups is 3. The minimum absolute atomic E-state index is 0.113. The molecule has 0 N–H and O–H groups in total. The van der Waals surface area contributed by atoms with Gasteiger partial charge in [0.2, 0.25) is 0 Å². The molecule has 66 heavy (non-hydrogen) atoms. The van der Waals surface area contributed by atoms with Gasteiger partial charge in [-0.1, -0.05) is 231 Å². The summed E-state index contributed by atoms with van der Waals surface area (Å²) in [4.78, 5) is 38.0. The molecule has 0 rings (SSSR count). The van der Waals surface area contributed by atoms with Crippen molar-refractivity contribution in [3.63, 3.8) is 0 Å². The summed E-state index contributed by atoms with van der Waals surface area (Å²) < 4.78 is 16.8. The quantitative estimate of drug-likeness (QED) is 0.0199. The Morgan fingerprint density at radius 3 is 1.12 bits per heavy atom. The number of ether oxygens (including phenoxy) is 3. The van der Waals surface area contributed by atoms with Crippen LogP contribution in [0.25, 0.3) is 0 Å². The van der Waals surface area contributed by atoms with Gasteiger partial charge >= 0.3 is 17.9 Å². The van der Waals surface area contributed by atoms with Crippen molar-refractivity contribution in [2.24, 2.45) is 0 Å². The van der Waals surface area contributed by atoms with E-state index in [4.69, 9.17) is 14.2 Å². The second-order valence-electron chi connectivity index (χ2n) is 16.9. The van der Waals surface area contributed by atoms with E-state index in [9.17, 15) is 14.4 Å². The molecule has 0 aromatic heterocycles. The molecule has 0 radical (unpaired) electrons. The number of unbranched alkanes of at least 4 members (excludes halogenated alkanes) is 19. The van der Waals surface area contributed by atoms with Crippen LogP contribution in [-0.2, 0) is 28.6 Å². The molecule has 0 aromatic carbocycles. The van der Waals surface area contributed by atoms with Crippen molar-refractivity contribution in [2.45, 2.75) is 213 Å². The molecule has 6 nitrogen and oxygen atoms in total. The van der Waals surface area contributed by atoms with Gasteiger partial charge in [0, 0.05) is 19.3 Å².